The van der Waals surface area contributed by atoms with E-state index in [9.17, 15) is 4.79 Å². The quantitative estimate of drug-likeness (QED) is 0.845. The van der Waals surface area contributed by atoms with Crippen LogP contribution < -0.4 is 5.73 Å². The van der Waals surface area contributed by atoms with Gasteiger partial charge in [0.1, 0.15) is 0 Å². The molecule has 19 heavy (non-hydrogen) atoms. The molecular weight excluding hydrogens is 234 g/mol. The molecule has 0 aromatic heterocycles. The van der Waals surface area contributed by atoms with Gasteiger partial charge in [0.2, 0.25) is 5.91 Å². The number of benzene rings is 2. The number of nitrogens with two attached hydrogens (primary N) is 1. The fourth-order valence-corrected chi connectivity index (χ4v) is 2.17. The van der Waals surface area contributed by atoms with Gasteiger partial charge in [0.15, 0.2) is 0 Å². The van der Waals surface area contributed by atoms with Crippen molar-refractivity contribution in [3.05, 3.63) is 71.3 Å². The molecule has 2 N–H and O–H groups in total. The zero-order valence-corrected chi connectivity index (χ0v) is 11.0. The average molecular weight is 253 g/mol. The van der Waals surface area contributed by atoms with Crippen LogP contribution >= 0.6 is 0 Å². The molecule has 0 spiro atoms. The summed E-state index contributed by atoms with van der Waals surface area (Å²) in [6, 6.07) is 18.7. The van der Waals surface area contributed by atoms with Gasteiger partial charge in [0.25, 0.3) is 0 Å². The summed E-state index contributed by atoms with van der Waals surface area (Å²) in [5.74, 6) is -0.281. The fraction of sp³-hybridized carbons (Fsp3) is 0.235. The monoisotopic (exact) mass is 253 g/mol. The van der Waals surface area contributed by atoms with E-state index in [2.05, 4.69) is 36.4 Å². The Bertz CT molecular complexity index is 517. The molecule has 0 aliphatic carbocycles. The standard InChI is InChI=1S/C17H19NO/c18-17(19)13-16-11-9-15(10-12-16)8-4-7-14-5-2-1-3-6-14/h1-3,5-6,9-12H,4,7-8,13H2,(H2,18,19). The maximum atomic E-state index is 10.8. The summed E-state index contributed by atoms with van der Waals surface area (Å²) in [7, 11) is 0. The van der Waals surface area contributed by atoms with Crippen molar-refractivity contribution in [3.8, 4) is 0 Å². The lowest BCUT2D eigenvalue weighted by molar-refractivity contribution is -0.117. The molecular formula is C17H19NO. The van der Waals surface area contributed by atoms with Crippen molar-refractivity contribution >= 4 is 5.91 Å². The smallest absolute Gasteiger partial charge is 0.221 e. The van der Waals surface area contributed by atoms with Gasteiger partial charge in [-0.1, -0.05) is 54.6 Å². The molecule has 0 saturated heterocycles. The topological polar surface area (TPSA) is 43.1 Å². The third-order valence-electron chi connectivity index (χ3n) is 3.18. The first-order valence-corrected chi connectivity index (χ1v) is 6.64. The van der Waals surface area contributed by atoms with E-state index in [0.29, 0.717) is 6.42 Å². The van der Waals surface area contributed by atoms with Gasteiger partial charge < -0.3 is 5.73 Å². The van der Waals surface area contributed by atoms with Crippen LogP contribution in [-0.2, 0) is 24.1 Å². The molecule has 0 aliphatic rings. The highest BCUT2D eigenvalue weighted by Gasteiger charge is 1.99. The second-order valence-corrected chi connectivity index (χ2v) is 4.80. The van der Waals surface area contributed by atoms with Crippen LogP contribution in [0.3, 0.4) is 0 Å². The van der Waals surface area contributed by atoms with E-state index in [0.717, 1.165) is 24.8 Å². The first-order valence-electron chi connectivity index (χ1n) is 6.64. The number of carbonyl (C=O) groups is 1. The minimum absolute atomic E-state index is 0.281. The van der Waals surface area contributed by atoms with Crippen molar-refractivity contribution < 1.29 is 4.79 Å². The number of amides is 1. The zero-order valence-electron chi connectivity index (χ0n) is 11.0. The Morgan fingerprint density at radius 3 is 1.89 bits per heavy atom. The van der Waals surface area contributed by atoms with Gasteiger partial charge in [-0.05, 0) is 36.0 Å². The second-order valence-electron chi connectivity index (χ2n) is 4.80. The number of primary amides is 1. The first kappa shape index (κ1) is 13.3. The Balaban J connectivity index is 1.81. The molecule has 2 aromatic rings. The van der Waals surface area contributed by atoms with E-state index in [-0.39, 0.29) is 5.91 Å². The van der Waals surface area contributed by atoms with Crippen molar-refractivity contribution in [1.29, 1.82) is 0 Å². The van der Waals surface area contributed by atoms with Crippen molar-refractivity contribution in [2.75, 3.05) is 0 Å². The summed E-state index contributed by atoms with van der Waals surface area (Å²) in [6.07, 6.45) is 3.62. The number of rotatable bonds is 6. The maximum Gasteiger partial charge on any atom is 0.221 e. The summed E-state index contributed by atoms with van der Waals surface area (Å²) in [5, 5.41) is 0. The lowest BCUT2D eigenvalue weighted by atomic mass is 10.0. The predicted octanol–water partition coefficient (Wildman–Crippen LogP) is 2.89. The first-order chi connectivity index (χ1) is 9.24. The third-order valence-corrected chi connectivity index (χ3v) is 3.18. The maximum absolute atomic E-state index is 10.8. The highest BCUT2D eigenvalue weighted by atomic mass is 16.1. The van der Waals surface area contributed by atoms with E-state index in [1.165, 1.54) is 11.1 Å². The molecule has 0 aliphatic heterocycles. The molecule has 0 radical (unpaired) electrons. The lowest BCUT2D eigenvalue weighted by Gasteiger charge is -2.04. The number of hydrogen-bond acceptors (Lipinski definition) is 1. The molecule has 2 heteroatoms. The Kier molecular flexibility index (Phi) is 4.73. The van der Waals surface area contributed by atoms with Gasteiger partial charge in [-0.25, -0.2) is 0 Å². The minimum atomic E-state index is -0.281. The predicted molar refractivity (Wildman–Crippen MR) is 77.8 cm³/mol. The third kappa shape index (κ3) is 4.59. The fourth-order valence-electron chi connectivity index (χ4n) is 2.17. The molecule has 2 nitrogen and oxygen atoms in total. The van der Waals surface area contributed by atoms with Crippen LogP contribution in [0.4, 0.5) is 0 Å². The minimum Gasteiger partial charge on any atom is -0.369 e. The van der Waals surface area contributed by atoms with Crippen molar-refractivity contribution in [3.63, 3.8) is 0 Å². The summed E-state index contributed by atoms with van der Waals surface area (Å²) >= 11 is 0. The molecule has 0 bridgehead atoms. The van der Waals surface area contributed by atoms with Crippen LogP contribution in [0, 0.1) is 0 Å². The van der Waals surface area contributed by atoms with Gasteiger partial charge in [0, 0.05) is 0 Å². The average Bonchev–Trinajstić information content (AvgIpc) is 2.41. The highest BCUT2D eigenvalue weighted by Crippen LogP contribution is 2.10. The molecule has 0 heterocycles. The largest absolute Gasteiger partial charge is 0.369 e. The molecule has 0 unspecified atom stereocenters. The van der Waals surface area contributed by atoms with Gasteiger partial charge in [-0.2, -0.15) is 0 Å². The SMILES string of the molecule is NC(=O)Cc1ccc(CCCc2ccccc2)cc1. The Morgan fingerprint density at radius 1 is 0.789 bits per heavy atom. The summed E-state index contributed by atoms with van der Waals surface area (Å²) in [5.41, 5.74) is 8.85. The number of aryl methyl sites for hydroxylation is 2. The molecule has 2 aromatic carbocycles. The van der Waals surface area contributed by atoms with E-state index < -0.39 is 0 Å². The summed E-state index contributed by atoms with van der Waals surface area (Å²) in [4.78, 5) is 10.8. The molecule has 0 fully saturated rings. The number of hydrogen-bond donors (Lipinski definition) is 1. The van der Waals surface area contributed by atoms with E-state index in [1.54, 1.807) is 0 Å². The summed E-state index contributed by atoms with van der Waals surface area (Å²) in [6.45, 7) is 0. The van der Waals surface area contributed by atoms with Crippen LogP contribution in [0.5, 0.6) is 0 Å². The lowest BCUT2D eigenvalue weighted by Crippen LogP contribution is -2.13. The van der Waals surface area contributed by atoms with Crippen molar-refractivity contribution in [2.24, 2.45) is 5.73 Å². The van der Waals surface area contributed by atoms with Gasteiger partial charge in [0.05, 0.1) is 6.42 Å². The Hall–Kier alpha value is -2.09. The van der Waals surface area contributed by atoms with Crippen molar-refractivity contribution in [2.45, 2.75) is 25.7 Å². The zero-order chi connectivity index (χ0) is 13.5. The molecule has 1 amide bonds. The molecule has 98 valence electrons. The Morgan fingerprint density at radius 2 is 1.32 bits per heavy atom. The normalized spacial score (nSPS) is 10.3. The van der Waals surface area contributed by atoms with E-state index in [1.807, 2.05) is 18.2 Å². The van der Waals surface area contributed by atoms with Crippen molar-refractivity contribution in [1.82, 2.24) is 0 Å². The molecule has 2 rings (SSSR count). The van der Waals surface area contributed by atoms with Gasteiger partial charge in [-0.3, -0.25) is 4.79 Å². The van der Waals surface area contributed by atoms with Crippen LogP contribution in [-0.4, -0.2) is 5.91 Å². The van der Waals surface area contributed by atoms with Crippen LogP contribution in [0.25, 0.3) is 0 Å². The van der Waals surface area contributed by atoms with E-state index in [4.69, 9.17) is 5.73 Å². The molecule has 0 atom stereocenters. The van der Waals surface area contributed by atoms with Gasteiger partial charge in [-0.15, -0.1) is 0 Å². The number of carbonyl (C=O) groups excluding carboxylic acids is 1. The Labute approximate surface area is 114 Å². The van der Waals surface area contributed by atoms with E-state index >= 15 is 0 Å². The second kappa shape index (κ2) is 6.74. The van der Waals surface area contributed by atoms with Gasteiger partial charge >= 0.3 is 0 Å². The summed E-state index contributed by atoms with van der Waals surface area (Å²) < 4.78 is 0. The molecule has 0 saturated carbocycles. The van der Waals surface area contributed by atoms with Crippen LogP contribution in [0.2, 0.25) is 0 Å². The van der Waals surface area contributed by atoms with Crippen LogP contribution in [0.15, 0.2) is 54.6 Å². The van der Waals surface area contributed by atoms with Crippen LogP contribution in [0.1, 0.15) is 23.1 Å². The highest BCUT2D eigenvalue weighted by molar-refractivity contribution is 5.76.